The first kappa shape index (κ1) is 15.6. The summed E-state index contributed by atoms with van der Waals surface area (Å²) < 4.78 is 1.85. The van der Waals surface area contributed by atoms with Crippen molar-refractivity contribution in [2.24, 2.45) is 17.8 Å². The standard InChI is InChI=1S/C18H20ClN3O2/c19-14-4-5-16-21-15(10-22(16)9-14)8-20-18(24)13-6-11-2-1-3-12(7-13)17(11)23/h4-5,9-13H,1-3,6-8H2,(H,20,24). The summed E-state index contributed by atoms with van der Waals surface area (Å²) in [5, 5.41) is 3.64. The SMILES string of the molecule is O=C(NCc1cn2cc(Cl)ccc2n1)C1CC2CCCC(C1)C2=O. The number of rotatable bonds is 3. The molecule has 2 aliphatic carbocycles. The highest BCUT2D eigenvalue weighted by Gasteiger charge is 2.41. The third-order valence-corrected chi connectivity index (χ3v) is 5.55. The van der Waals surface area contributed by atoms with Crippen LogP contribution in [0.4, 0.5) is 0 Å². The molecule has 2 saturated carbocycles. The molecule has 5 nitrogen and oxygen atoms in total. The van der Waals surface area contributed by atoms with Gasteiger partial charge in [-0.25, -0.2) is 4.98 Å². The number of ketones is 1. The third-order valence-electron chi connectivity index (χ3n) is 5.33. The molecule has 0 aromatic carbocycles. The van der Waals surface area contributed by atoms with Crippen molar-refractivity contribution >= 4 is 28.9 Å². The van der Waals surface area contributed by atoms with Gasteiger partial charge in [-0.2, -0.15) is 0 Å². The van der Waals surface area contributed by atoms with Gasteiger partial charge in [-0.3, -0.25) is 9.59 Å². The fraction of sp³-hybridized carbons (Fsp3) is 0.500. The smallest absolute Gasteiger partial charge is 0.223 e. The molecular formula is C18H20ClN3O2. The molecule has 4 rings (SSSR count). The molecule has 0 spiro atoms. The van der Waals surface area contributed by atoms with E-state index in [1.807, 2.05) is 16.7 Å². The minimum absolute atomic E-state index is 0.0375. The number of fused-ring (bicyclic) bond motifs is 3. The Kier molecular flexibility index (Phi) is 4.04. The van der Waals surface area contributed by atoms with E-state index in [-0.39, 0.29) is 23.7 Å². The van der Waals surface area contributed by atoms with E-state index in [9.17, 15) is 9.59 Å². The zero-order valence-electron chi connectivity index (χ0n) is 13.4. The lowest BCUT2D eigenvalue weighted by Gasteiger charge is -2.36. The summed E-state index contributed by atoms with van der Waals surface area (Å²) in [6.45, 7) is 0.401. The Bertz CT molecular complexity index is 785. The van der Waals surface area contributed by atoms with Gasteiger partial charge in [0.05, 0.1) is 17.3 Å². The lowest BCUT2D eigenvalue weighted by atomic mass is 9.67. The summed E-state index contributed by atoms with van der Waals surface area (Å²) in [6.07, 6.45) is 8.12. The summed E-state index contributed by atoms with van der Waals surface area (Å²) in [6, 6.07) is 3.64. The van der Waals surface area contributed by atoms with Crippen molar-refractivity contribution in [3.05, 3.63) is 35.2 Å². The fourth-order valence-corrected chi connectivity index (χ4v) is 4.29. The first-order valence-corrected chi connectivity index (χ1v) is 8.92. The number of hydrogen-bond donors (Lipinski definition) is 1. The average molecular weight is 346 g/mol. The van der Waals surface area contributed by atoms with Gasteiger partial charge in [-0.1, -0.05) is 18.0 Å². The summed E-state index contributed by atoms with van der Waals surface area (Å²) in [4.78, 5) is 29.1. The van der Waals surface area contributed by atoms with E-state index in [1.54, 1.807) is 12.3 Å². The van der Waals surface area contributed by atoms with Gasteiger partial charge in [0.2, 0.25) is 5.91 Å². The maximum Gasteiger partial charge on any atom is 0.223 e. The molecular weight excluding hydrogens is 326 g/mol. The largest absolute Gasteiger partial charge is 0.350 e. The van der Waals surface area contributed by atoms with Gasteiger partial charge >= 0.3 is 0 Å². The number of Topliss-reactive ketones (excluding diaryl/α,β-unsaturated/α-hetero) is 1. The zero-order valence-corrected chi connectivity index (χ0v) is 14.1. The van der Waals surface area contributed by atoms with E-state index in [0.29, 0.717) is 30.2 Å². The van der Waals surface area contributed by atoms with Crippen molar-refractivity contribution in [3.63, 3.8) is 0 Å². The molecule has 0 saturated heterocycles. The molecule has 2 fully saturated rings. The van der Waals surface area contributed by atoms with Crippen LogP contribution >= 0.6 is 11.6 Å². The number of carbonyl (C=O) groups excluding carboxylic acids is 2. The molecule has 24 heavy (non-hydrogen) atoms. The molecule has 2 aliphatic rings. The first-order chi connectivity index (χ1) is 11.6. The number of aromatic nitrogens is 2. The normalized spacial score (nSPS) is 26.5. The summed E-state index contributed by atoms with van der Waals surface area (Å²) in [5.41, 5.74) is 1.61. The predicted molar refractivity (Wildman–Crippen MR) is 90.6 cm³/mol. The molecule has 126 valence electrons. The minimum atomic E-state index is -0.0375. The number of hydrogen-bond acceptors (Lipinski definition) is 3. The Hall–Kier alpha value is -1.88. The second-order valence-corrected chi connectivity index (χ2v) is 7.39. The quantitative estimate of drug-likeness (QED) is 0.930. The Morgan fingerprint density at radius 3 is 2.75 bits per heavy atom. The van der Waals surface area contributed by atoms with Crippen molar-refractivity contribution in [1.29, 1.82) is 0 Å². The summed E-state index contributed by atoms with van der Waals surface area (Å²) >= 11 is 5.97. The molecule has 2 aromatic rings. The van der Waals surface area contributed by atoms with Crippen LogP contribution in [0.25, 0.3) is 5.65 Å². The van der Waals surface area contributed by atoms with Crippen molar-refractivity contribution < 1.29 is 9.59 Å². The molecule has 0 aliphatic heterocycles. The van der Waals surface area contributed by atoms with Crippen molar-refractivity contribution in [3.8, 4) is 0 Å². The molecule has 6 heteroatoms. The van der Waals surface area contributed by atoms with Gasteiger partial charge < -0.3 is 9.72 Å². The first-order valence-electron chi connectivity index (χ1n) is 8.55. The maximum atomic E-state index is 12.5. The number of pyridine rings is 1. The van der Waals surface area contributed by atoms with Crippen LogP contribution in [0.3, 0.4) is 0 Å². The summed E-state index contributed by atoms with van der Waals surface area (Å²) in [7, 11) is 0. The van der Waals surface area contributed by atoms with Crippen LogP contribution in [0, 0.1) is 17.8 Å². The topological polar surface area (TPSA) is 63.5 Å². The molecule has 2 atom stereocenters. The number of carbonyl (C=O) groups is 2. The third kappa shape index (κ3) is 2.93. The van der Waals surface area contributed by atoms with Crippen LogP contribution in [-0.2, 0) is 16.1 Å². The highest BCUT2D eigenvalue weighted by atomic mass is 35.5. The Morgan fingerprint density at radius 1 is 1.25 bits per heavy atom. The summed E-state index contributed by atoms with van der Waals surface area (Å²) in [5.74, 6) is 0.609. The molecule has 2 unspecified atom stereocenters. The van der Waals surface area contributed by atoms with E-state index < -0.39 is 0 Å². The van der Waals surface area contributed by atoms with E-state index in [0.717, 1.165) is 30.6 Å². The number of halogens is 1. The molecule has 2 heterocycles. The molecule has 0 radical (unpaired) electrons. The second-order valence-electron chi connectivity index (χ2n) is 6.96. The minimum Gasteiger partial charge on any atom is -0.350 e. The van der Waals surface area contributed by atoms with E-state index in [2.05, 4.69) is 10.3 Å². The van der Waals surface area contributed by atoms with Gasteiger partial charge in [0.25, 0.3) is 0 Å². The average Bonchev–Trinajstić information content (AvgIpc) is 2.94. The van der Waals surface area contributed by atoms with Crippen LogP contribution < -0.4 is 5.32 Å². The van der Waals surface area contributed by atoms with E-state index in [1.165, 1.54) is 0 Å². The van der Waals surface area contributed by atoms with Crippen molar-refractivity contribution in [1.82, 2.24) is 14.7 Å². The fourth-order valence-electron chi connectivity index (χ4n) is 4.12. The van der Waals surface area contributed by atoms with Crippen LogP contribution in [-0.4, -0.2) is 21.1 Å². The molecule has 1 amide bonds. The van der Waals surface area contributed by atoms with Crippen molar-refractivity contribution in [2.45, 2.75) is 38.6 Å². The van der Waals surface area contributed by atoms with Crippen molar-refractivity contribution in [2.75, 3.05) is 0 Å². The highest BCUT2D eigenvalue weighted by Crippen LogP contribution is 2.40. The highest BCUT2D eigenvalue weighted by molar-refractivity contribution is 6.30. The lowest BCUT2D eigenvalue weighted by molar-refractivity contribution is -0.137. The molecule has 1 N–H and O–H groups in total. The number of nitrogens with one attached hydrogen (secondary N) is 1. The van der Waals surface area contributed by atoms with E-state index >= 15 is 0 Å². The predicted octanol–water partition coefficient (Wildman–Crippen LogP) is 3.00. The number of nitrogens with zero attached hydrogens (tertiary/aromatic N) is 2. The Balaban J connectivity index is 1.40. The van der Waals surface area contributed by atoms with Gasteiger partial charge in [-0.05, 0) is 37.8 Å². The number of imidazole rings is 1. The van der Waals surface area contributed by atoms with Crippen LogP contribution in [0.15, 0.2) is 24.5 Å². The monoisotopic (exact) mass is 345 g/mol. The zero-order chi connectivity index (χ0) is 16.7. The Labute approximate surface area is 145 Å². The Morgan fingerprint density at radius 2 is 2.00 bits per heavy atom. The molecule has 2 bridgehead atoms. The van der Waals surface area contributed by atoms with Gasteiger partial charge in [-0.15, -0.1) is 0 Å². The second kappa shape index (κ2) is 6.20. The van der Waals surface area contributed by atoms with Crippen LogP contribution in [0.2, 0.25) is 5.02 Å². The lowest BCUT2D eigenvalue weighted by Crippen LogP contribution is -2.42. The van der Waals surface area contributed by atoms with Crippen LogP contribution in [0.1, 0.15) is 37.8 Å². The van der Waals surface area contributed by atoms with E-state index in [4.69, 9.17) is 11.6 Å². The maximum absolute atomic E-state index is 12.5. The number of amides is 1. The van der Waals surface area contributed by atoms with Gasteiger partial charge in [0.15, 0.2) is 0 Å². The molecule has 2 aromatic heterocycles. The van der Waals surface area contributed by atoms with Gasteiger partial charge in [0, 0.05) is 30.1 Å². The van der Waals surface area contributed by atoms with Gasteiger partial charge in [0.1, 0.15) is 11.4 Å². The van der Waals surface area contributed by atoms with Crippen LogP contribution in [0.5, 0.6) is 0 Å².